The van der Waals surface area contributed by atoms with Crippen LogP contribution in [0.2, 0.25) is 5.28 Å². The molecule has 5 heterocycles. The van der Waals surface area contributed by atoms with Crippen LogP contribution in [0.3, 0.4) is 0 Å². The van der Waals surface area contributed by atoms with Crippen LogP contribution in [0.4, 0.5) is 4.70 Å². The van der Waals surface area contributed by atoms with Gasteiger partial charge in [-0.25, -0.2) is 19.9 Å². The highest BCUT2D eigenvalue weighted by molar-refractivity contribution is 6.64. The maximum Gasteiger partial charge on any atom is 0.495 e. The second-order valence-corrected chi connectivity index (χ2v) is 36.5. The molecule has 25 rings (SSSR count). The van der Waals surface area contributed by atoms with Crippen molar-refractivity contribution in [1.82, 2.24) is 29.9 Å². The normalized spacial score (nSPS) is 15.1. The van der Waals surface area contributed by atoms with E-state index in [1.807, 2.05) is 109 Å². The van der Waals surface area contributed by atoms with Crippen molar-refractivity contribution in [1.29, 1.82) is 0 Å². The molecule has 20 aromatic rings. The van der Waals surface area contributed by atoms with Crippen LogP contribution >= 0.6 is 11.6 Å². The molecule has 10 nitrogen and oxygen atoms in total. The molecular formula is C117H91BClFN6O4. The Morgan fingerprint density at radius 3 is 0.946 bits per heavy atom. The van der Waals surface area contributed by atoms with Gasteiger partial charge in [0.25, 0.3) is 0 Å². The number of furan rings is 2. The van der Waals surface area contributed by atoms with E-state index in [-0.39, 0.29) is 28.2 Å². The zero-order valence-corrected chi connectivity index (χ0v) is 73.2. The molecule has 16 aromatic carbocycles. The topological polar surface area (TPSA) is 122 Å². The molecule has 5 aliphatic rings. The lowest BCUT2D eigenvalue weighted by atomic mass is 9.55. The molecule has 0 bridgehead atoms. The van der Waals surface area contributed by atoms with E-state index in [2.05, 4.69) is 337 Å². The number of para-hydroxylation sites is 4. The molecule has 4 aromatic heterocycles. The summed E-state index contributed by atoms with van der Waals surface area (Å²) in [4.78, 5) is 28.5. The van der Waals surface area contributed by atoms with Gasteiger partial charge in [-0.15, -0.1) is 0 Å². The first-order valence-electron chi connectivity index (χ1n) is 43.9. The van der Waals surface area contributed by atoms with Crippen molar-refractivity contribution >= 4 is 68.1 Å². The molecule has 2 spiro atoms. The third-order valence-electron chi connectivity index (χ3n) is 27.9. The van der Waals surface area contributed by atoms with Crippen LogP contribution in [0, 0.1) is 0 Å². The highest BCUT2D eigenvalue weighted by Gasteiger charge is 2.58. The summed E-state index contributed by atoms with van der Waals surface area (Å²) in [5, 5.41) is 4.70. The Labute approximate surface area is 761 Å². The fraction of sp³-hybridized carbons (Fsp3) is 0.128. The quantitative estimate of drug-likeness (QED) is 0.136. The third-order valence-corrected chi connectivity index (χ3v) is 28.1. The molecule has 630 valence electrons. The van der Waals surface area contributed by atoms with E-state index in [0.717, 1.165) is 111 Å². The monoisotopic (exact) mass is 1710 g/mol. The van der Waals surface area contributed by atoms with Gasteiger partial charge in [-0.05, 0) is 169 Å². The van der Waals surface area contributed by atoms with E-state index >= 15 is 0 Å². The smallest absolute Gasteiger partial charge is 0.455 e. The molecule has 0 N–H and O–H groups in total. The molecule has 1 saturated heterocycles. The van der Waals surface area contributed by atoms with Gasteiger partial charge in [-0.3, -0.25) is 4.70 Å². The maximum absolute atomic E-state index is 6.81. The van der Waals surface area contributed by atoms with Crippen molar-refractivity contribution in [2.75, 3.05) is 0 Å². The fourth-order valence-electron chi connectivity index (χ4n) is 21.3. The van der Waals surface area contributed by atoms with E-state index in [9.17, 15) is 0 Å². The largest absolute Gasteiger partial charge is 0.495 e. The molecule has 1 aliphatic heterocycles. The summed E-state index contributed by atoms with van der Waals surface area (Å²) in [7, 11) is -0.508. The summed E-state index contributed by atoms with van der Waals surface area (Å²) in [6.07, 6.45) is 0. The van der Waals surface area contributed by atoms with Crippen LogP contribution in [0.1, 0.15) is 130 Å². The zero-order valence-electron chi connectivity index (χ0n) is 72.5. The fourth-order valence-corrected chi connectivity index (χ4v) is 21.5. The van der Waals surface area contributed by atoms with Gasteiger partial charge in [0.2, 0.25) is 5.28 Å². The van der Waals surface area contributed by atoms with Crippen LogP contribution in [0.25, 0.3) is 145 Å². The van der Waals surface area contributed by atoms with Gasteiger partial charge in [0.05, 0.1) is 22.0 Å². The van der Waals surface area contributed by atoms with Gasteiger partial charge < -0.3 is 18.1 Å². The van der Waals surface area contributed by atoms with Gasteiger partial charge in [-0.1, -0.05) is 387 Å². The number of rotatable bonds is 8. The van der Waals surface area contributed by atoms with Crippen LogP contribution < -0.4 is 5.46 Å². The van der Waals surface area contributed by atoms with E-state index in [1.54, 1.807) is 0 Å². The number of hydrogen-bond donors (Lipinski definition) is 0. The van der Waals surface area contributed by atoms with Crippen molar-refractivity contribution in [3.8, 4) is 101 Å². The van der Waals surface area contributed by atoms with E-state index in [0.29, 0.717) is 29.1 Å². The zero-order chi connectivity index (χ0) is 86.6. The Hall–Kier alpha value is -14.7. The van der Waals surface area contributed by atoms with Crippen LogP contribution in [-0.2, 0) is 31.0 Å². The van der Waals surface area contributed by atoms with Crippen molar-refractivity contribution in [3.05, 3.63) is 448 Å². The number of halogens is 2. The lowest BCUT2D eigenvalue weighted by Crippen LogP contribution is -2.41. The SMILES string of the molecule is C.CC1(C)c2ccccc2C2(c3ccc(-c4cccc5c4oc4ccccc45)cc3-c3c(-c4nc(-c5ccccc5)nc(-c5ccccc5)n4)cccc32)c2ccccc21.CC1(C)c2ccccc2C2(c3ccc(-c4cccc5c4oc4ccccc45)cc3-c3c(B4OC(C)(C)C(C)(C)O4)cccc32)c2ccccc21.Clc1nc(-c2ccccc2)nc(-c2ccccc2)n1.F. The molecule has 13 heteroatoms. The van der Waals surface area contributed by atoms with Crippen molar-refractivity contribution in [2.24, 2.45) is 0 Å². The third kappa shape index (κ3) is 12.6. The minimum atomic E-state index is -0.592. The summed E-state index contributed by atoms with van der Waals surface area (Å²) < 4.78 is 26.8. The van der Waals surface area contributed by atoms with Gasteiger partial charge in [0, 0.05) is 71.3 Å². The van der Waals surface area contributed by atoms with Crippen molar-refractivity contribution < 1.29 is 22.8 Å². The van der Waals surface area contributed by atoms with E-state index < -0.39 is 29.2 Å². The minimum Gasteiger partial charge on any atom is -0.455 e. The molecule has 0 saturated carbocycles. The molecule has 0 radical (unpaired) electrons. The first-order chi connectivity index (χ1) is 62.4. The molecule has 0 atom stereocenters. The molecule has 1 fully saturated rings. The standard InChI is InChI=1S/C55H37N3O.C46H39BO3.C15H10ClN3.CH4.FH/c1-54(2)43-25-10-12-27-45(43)55(46-28-13-11-26-44(46)54)42-32-31-36(37-22-15-23-39-38-21-9-14-30-48(38)59-50(37)39)33-41(42)49-40(24-16-29-47(49)55)53-57-51(34-17-5-3-6-18-34)56-52(58-53)35-19-7-4-8-20-35;1-43(2)34-18-8-10-20-36(34)46(37-21-11-9-19-35(37)43)33-26-25-28(29-16-13-17-31-30-15-7-12-24-40(30)48-42(29)31)27-32(33)41-38(46)22-14-23-39(41)47-49-44(3,4)45(5,6)50-47;16-15-18-13(11-7-3-1-4-8-11)17-14(19-15)12-9-5-2-6-10-12;;/h3-33H,1-2H3;7-27H,1-6H3;1-10H;1H4;1H. The summed E-state index contributed by atoms with van der Waals surface area (Å²) in [6, 6.07) is 133. The molecule has 0 unspecified atom stereocenters. The Kier molecular flexibility index (Phi) is 19.9. The van der Waals surface area contributed by atoms with Gasteiger partial charge >= 0.3 is 7.12 Å². The van der Waals surface area contributed by atoms with Crippen LogP contribution in [0.15, 0.2) is 385 Å². The minimum absolute atomic E-state index is 0. The first-order valence-corrected chi connectivity index (χ1v) is 44.3. The molecule has 0 amide bonds. The van der Waals surface area contributed by atoms with Gasteiger partial charge in [-0.2, -0.15) is 9.97 Å². The van der Waals surface area contributed by atoms with E-state index in [1.165, 1.54) is 77.9 Å². The van der Waals surface area contributed by atoms with E-state index in [4.69, 9.17) is 44.7 Å². The number of nitrogens with zero attached hydrogens (tertiary/aromatic N) is 6. The predicted octanol–water partition coefficient (Wildman–Crippen LogP) is 28.6. The summed E-state index contributed by atoms with van der Waals surface area (Å²) >= 11 is 5.99. The second-order valence-electron chi connectivity index (χ2n) is 36.1. The molecular weight excluding hydrogens is 1620 g/mol. The lowest BCUT2D eigenvalue weighted by molar-refractivity contribution is 0.00578. The number of hydrogen-bond acceptors (Lipinski definition) is 10. The predicted molar refractivity (Wildman–Crippen MR) is 528 cm³/mol. The van der Waals surface area contributed by atoms with Crippen LogP contribution in [0.5, 0.6) is 0 Å². The second kappa shape index (κ2) is 31.4. The Bertz CT molecular complexity index is 7660. The average molecular weight is 1710 g/mol. The highest BCUT2D eigenvalue weighted by Crippen LogP contribution is 2.66. The summed E-state index contributed by atoms with van der Waals surface area (Å²) in [5.41, 5.74) is 31.7. The van der Waals surface area contributed by atoms with Gasteiger partial charge in [0.15, 0.2) is 29.1 Å². The van der Waals surface area contributed by atoms with Crippen LogP contribution in [-0.4, -0.2) is 48.2 Å². The lowest BCUT2D eigenvalue weighted by Gasteiger charge is -2.46. The first kappa shape index (κ1) is 82.3. The molecule has 4 aliphatic carbocycles. The highest BCUT2D eigenvalue weighted by atomic mass is 35.5. The average Bonchev–Trinajstić information content (AvgIpc) is 1.48. The number of aromatic nitrogens is 6. The Morgan fingerprint density at radius 2 is 0.546 bits per heavy atom. The maximum atomic E-state index is 6.81. The summed E-state index contributed by atoms with van der Waals surface area (Å²) in [5.74, 6) is 3.08. The Morgan fingerprint density at radius 1 is 0.246 bits per heavy atom. The van der Waals surface area contributed by atoms with Gasteiger partial charge in [0.1, 0.15) is 22.3 Å². The van der Waals surface area contributed by atoms with Crippen molar-refractivity contribution in [3.63, 3.8) is 0 Å². The summed E-state index contributed by atoms with van der Waals surface area (Å²) in [6.45, 7) is 18.0. The number of benzene rings is 16. The van der Waals surface area contributed by atoms with Crippen molar-refractivity contribution in [2.45, 2.75) is 95.7 Å². The number of fused-ring (bicyclic) bond motifs is 24. The molecule has 130 heavy (non-hydrogen) atoms. The Balaban J connectivity index is 0.000000130.